The second-order valence-electron chi connectivity index (χ2n) is 8.00. The van der Waals surface area contributed by atoms with Crippen LogP contribution in [0.3, 0.4) is 0 Å². The summed E-state index contributed by atoms with van der Waals surface area (Å²) in [7, 11) is 0. The Bertz CT molecular complexity index is 638. The third-order valence-electron chi connectivity index (χ3n) is 6.24. The van der Waals surface area contributed by atoms with Gasteiger partial charge in [0.1, 0.15) is 17.6 Å². The lowest BCUT2D eigenvalue weighted by Gasteiger charge is -2.33. The van der Waals surface area contributed by atoms with Crippen LogP contribution in [0.4, 0.5) is 0 Å². The van der Waals surface area contributed by atoms with Gasteiger partial charge in [0.2, 0.25) is 11.8 Å². The summed E-state index contributed by atoms with van der Waals surface area (Å²) in [6.07, 6.45) is 1.71. The molecule has 152 valence electrons. The summed E-state index contributed by atoms with van der Waals surface area (Å²) in [5, 5.41) is 12.3. The van der Waals surface area contributed by atoms with E-state index in [2.05, 4.69) is 5.32 Å². The van der Waals surface area contributed by atoms with E-state index >= 15 is 0 Å². The molecule has 27 heavy (non-hydrogen) atoms. The van der Waals surface area contributed by atoms with Crippen molar-refractivity contribution in [2.45, 2.75) is 70.2 Å². The average molecular weight is 382 g/mol. The number of amides is 2. The van der Waals surface area contributed by atoms with Crippen LogP contribution in [-0.4, -0.2) is 70.8 Å². The molecule has 8 nitrogen and oxygen atoms in total. The van der Waals surface area contributed by atoms with E-state index in [4.69, 9.17) is 9.47 Å². The van der Waals surface area contributed by atoms with Crippen molar-refractivity contribution >= 4 is 17.8 Å². The third kappa shape index (κ3) is 2.76. The number of ether oxygens (including phenoxy) is 2. The first kappa shape index (κ1) is 20.1. The van der Waals surface area contributed by atoms with Gasteiger partial charge >= 0.3 is 5.97 Å². The largest absolute Gasteiger partial charge is 0.466 e. The predicted molar refractivity (Wildman–Crippen MR) is 95.6 cm³/mol. The predicted octanol–water partition coefficient (Wildman–Crippen LogP) is 0.221. The van der Waals surface area contributed by atoms with Crippen LogP contribution in [0, 0.1) is 11.8 Å². The topological polar surface area (TPSA) is 105 Å². The maximum Gasteiger partial charge on any atom is 0.312 e. The summed E-state index contributed by atoms with van der Waals surface area (Å²) in [5.74, 6) is -2.51. The molecule has 0 saturated carbocycles. The molecule has 3 aliphatic heterocycles. The standard InChI is InChI=1S/C19H30N2O6/c1-5-18-7-8-19(27-18)12(13(18)17(25)26-6-2)16(24)21(9-10-22)14(19)15(23)20-11(3)4/h11-14,22H,5-10H2,1-4H3,(H,20,23)/t12-,13-,14?,18+,19?/m0/s1. The lowest BCUT2D eigenvalue weighted by atomic mass is 9.65. The number of hydrogen-bond acceptors (Lipinski definition) is 6. The molecule has 2 unspecified atom stereocenters. The Labute approximate surface area is 159 Å². The smallest absolute Gasteiger partial charge is 0.312 e. The normalized spacial score (nSPS) is 37.0. The van der Waals surface area contributed by atoms with Crippen molar-refractivity contribution in [3.63, 3.8) is 0 Å². The molecule has 0 aromatic rings. The van der Waals surface area contributed by atoms with Crippen LogP contribution >= 0.6 is 0 Å². The quantitative estimate of drug-likeness (QED) is 0.611. The first-order valence-corrected chi connectivity index (χ1v) is 9.86. The highest BCUT2D eigenvalue weighted by Crippen LogP contribution is 2.64. The Balaban J connectivity index is 2.06. The van der Waals surface area contributed by atoms with Crippen molar-refractivity contribution in [2.24, 2.45) is 11.8 Å². The number of aliphatic hydroxyl groups excluding tert-OH is 1. The van der Waals surface area contributed by atoms with Crippen LogP contribution in [0.1, 0.15) is 47.0 Å². The van der Waals surface area contributed by atoms with E-state index in [1.807, 2.05) is 20.8 Å². The van der Waals surface area contributed by atoms with E-state index in [-0.39, 0.29) is 37.6 Å². The number of nitrogens with zero attached hydrogens (tertiary/aromatic N) is 1. The number of carbonyl (C=O) groups excluding carboxylic acids is 3. The number of likely N-dealkylation sites (tertiary alicyclic amines) is 1. The Kier molecular flexibility index (Phi) is 5.24. The number of aliphatic hydroxyl groups is 1. The van der Waals surface area contributed by atoms with Crippen molar-refractivity contribution in [2.75, 3.05) is 19.8 Å². The summed E-state index contributed by atoms with van der Waals surface area (Å²) >= 11 is 0. The first-order chi connectivity index (χ1) is 12.8. The minimum atomic E-state index is -1.04. The van der Waals surface area contributed by atoms with Gasteiger partial charge in [-0.15, -0.1) is 0 Å². The zero-order chi connectivity index (χ0) is 20.0. The van der Waals surface area contributed by atoms with Crippen molar-refractivity contribution < 1.29 is 29.0 Å². The summed E-state index contributed by atoms with van der Waals surface area (Å²) in [6.45, 7) is 7.36. The molecule has 0 aliphatic carbocycles. The lowest BCUT2D eigenvalue weighted by molar-refractivity contribution is -0.160. The number of carbonyl (C=O) groups is 3. The highest BCUT2D eigenvalue weighted by molar-refractivity contribution is 5.98. The van der Waals surface area contributed by atoms with E-state index in [9.17, 15) is 19.5 Å². The summed E-state index contributed by atoms with van der Waals surface area (Å²) < 4.78 is 11.7. The molecule has 0 aromatic carbocycles. The molecule has 8 heteroatoms. The zero-order valence-electron chi connectivity index (χ0n) is 16.5. The van der Waals surface area contributed by atoms with Gasteiger partial charge < -0.3 is 24.8 Å². The van der Waals surface area contributed by atoms with E-state index in [0.29, 0.717) is 19.3 Å². The van der Waals surface area contributed by atoms with Crippen LogP contribution in [0.5, 0.6) is 0 Å². The Hall–Kier alpha value is -1.67. The molecule has 3 fully saturated rings. The third-order valence-corrected chi connectivity index (χ3v) is 6.24. The molecule has 2 N–H and O–H groups in total. The van der Waals surface area contributed by atoms with Crippen LogP contribution in [-0.2, 0) is 23.9 Å². The van der Waals surface area contributed by atoms with Crippen LogP contribution in [0.15, 0.2) is 0 Å². The molecule has 1 spiro atoms. The number of esters is 1. The molecule has 5 atom stereocenters. The fraction of sp³-hybridized carbons (Fsp3) is 0.842. The Morgan fingerprint density at radius 2 is 2.07 bits per heavy atom. The molecule has 2 amide bonds. The van der Waals surface area contributed by atoms with Crippen molar-refractivity contribution in [1.29, 1.82) is 0 Å². The minimum Gasteiger partial charge on any atom is -0.466 e. The summed E-state index contributed by atoms with van der Waals surface area (Å²) in [4.78, 5) is 40.5. The van der Waals surface area contributed by atoms with Gasteiger partial charge in [0.05, 0.1) is 24.7 Å². The first-order valence-electron chi connectivity index (χ1n) is 9.86. The molecule has 3 rings (SSSR count). The highest BCUT2D eigenvalue weighted by Gasteiger charge is 2.78. The van der Waals surface area contributed by atoms with Crippen molar-refractivity contribution in [3.05, 3.63) is 0 Å². The summed E-state index contributed by atoms with van der Waals surface area (Å²) in [6, 6.07) is -0.948. The molecule has 0 aromatic heterocycles. The van der Waals surface area contributed by atoms with Gasteiger partial charge in [-0.1, -0.05) is 6.92 Å². The maximum atomic E-state index is 13.3. The van der Waals surface area contributed by atoms with E-state index < -0.39 is 35.0 Å². The van der Waals surface area contributed by atoms with Crippen LogP contribution in [0.25, 0.3) is 0 Å². The van der Waals surface area contributed by atoms with Gasteiger partial charge in [0.15, 0.2) is 0 Å². The molecule has 2 bridgehead atoms. The van der Waals surface area contributed by atoms with Crippen LogP contribution < -0.4 is 5.32 Å². The Morgan fingerprint density at radius 1 is 1.37 bits per heavy atom. The molecule has 3 heterocycles. The molecule has 3 saturated heterocycles. The van der Waals surface area contributed by atoms with Gasteiger partial charge in [-0.3, -0.25) is 14.4 Å². The van der Waals surface area contributed by atoms with Gasteiger partial charge in [-0.2, -0.15) is 0 Å². The van der Waals surface area contributed by atoms with Gasteiger partial charge in [-0.05, 0) is 40.0 Å². The SMILES string of the molecule is CCOC(=O)[C@@H]1[C@H]2C(=O)N(CCO)C(C(=O)NC(C)C)C23CC[C@@]1(CC)O3. The van der Waals surface area contributed by atoms with Crippen molar-refractivity contribution in [3.8, 4) is 0 Å². The van der Waals surface area contributed by atoms with E-state index in [0.717, 1.165) is 0 Å². The van der Waals surface area contributed by atoms with E-state index in [1.54, 1.807) is 6.92 Å². The maximum absolute atomic E-state index is 13.3. The van der Waals surface area contributed by atoms with Gasteiger partial charge in [-0.25, -0.2) is 0 Å². The number of hydrogen-bond donors (Lipinski definition) is 2. The fourth-order valence-electron chi connectivity index (χ4n) is 5.32. The molecule has 3 aliphatic rings. The monoisotopic (exact) mass is 382 g/mol. The van der Waals surface area contributed by atoms with Gasteiger partial charge in [0, 0.05) is 12.6 Å². The Morgan fingerprint density at radius 3 is 2.63 bits per heavy atom. The van der Waals surface area contributed by atoms with Crippen molar-refractivity contribution in [1.82, 2.24) is 10.2 Å². The molecular formula is C19H30N2O6. The number of fused-ring (bicyclic) bond motifs is 1. The minimum absolute atomic E-state index is 0.0330. The number of rotatable bonds is 7. The van der Waals surface area contributed by atoms with E-state index in [1.165, 1.54) is 4.90 Å². The second kappa shape index (κ2) is 7.05. The zero-order valence-corrected chi connectivity index (χ0v) is 16.5. The highest BCUT2D eigenvalue weighted by atomic mass is 16.6. The van der Waals surface area contributed by atoms with Gasteiger partial charge in [0.25, 0.3) is 0 Å². The average Bonchev–Trinajstić information content (AvgIpc) is 3.19. The fourth-order valence-corrected chi connectivity index (χ4v) is 5.32. The molecular weight excluding hydrogens is 352 g/mol. The summed E-state index contributed by atoms with van der Waals surface area (Å²) in [5.41, 5.74) is -1.81. The second-order valence-corrected chi connectivity index (χ2v) is 8.00. The lowest BCUT2D eigenvalue weighted by Crippen LogP contribution is -2.56. The number of β-amino-alcohol motifs (C(OH)–C–C–N with tert-alkyl or cyclic N) is 1. The number of nitrogens with one attached hydrogen (secondary N) is 1. The van der Waals surface area contributed by atoms with Crippen LogP contribution in [0.2, 0.25) is 0 Å². The molecule has 0 radical (unpaired) electrons.